The number of aliphatic hydroxyl groups is 21. The molecule has 0 aliphatic carbocycles. The lowest BCUT2D eigenvalue weighted by Crippen LogP contribution is -2.70. The fourth-order valence-electron chi connectivity index (χ4n) is 10.7. The lowest BCUT2D eigenvalue weighted by Gasteiger charge is -2.51. The lowest BCUT2D eigenvalue weighted by molar-refractivity contribution is -0.404. The Bertz CT molecular complexity index is 2010. The molecule has 0 saturated carbocycles. The van der Waals surface area contributed by atoms with Gasteiger partial charge in [-0.15, -0.1) is 0 Å². The van der Waals surface area contributed by atoms with Crippen molar-refractivity contribution in [3.63, 3.8) is 0 Å². The molecule has 22 N–H and O–H groups in total. The van der Waals surface area contributed by atoms with Crippen LogP contribution in [0.2, 0.25) is 0 Å². The minimum Gasteiger partial charge on any atom is -0.394 e. The molecule has 496 valence electrons. The van der Waals surface area contributed by atoms with Gasteiger partial charge in [0.15, 0.2) is 44.0 Å². The van der Waals surface area contributed by atoms with Gasteiger partial charge in [0.25, 0.3) is 0 Å². The van der Waals surface area contributed by atoms with Crippen LogP contribution in [-0.2, 0) is 71.1 Å². The Morgan fingerprint density at radius 1 is 0.353 bits per heavy atom. The molecule has 7 aliphatic heterocycles. The second-order valence-corrected chi connectivity index (χ2v) is 21.7. The summed E-state index contributed by atoms with van der Waals surface area (Å²) in [5.41, 5.74) is 0. The van der Waals surface area contributed by atoms with E-state index in [9.17, 15) is 112 Å². The maximum absolute atomic E-state index is 12.9. The predicted molar refractivity (Wildman–Crippen MR) is 266 cm³/mol. The van der Waals surface area contributed by atoms with Crippen molar-refractivity contribution in [2.45, 2.75) is 228 Å². The minimum atomic E-state index is -2.27. The fraction of sp³-hybridized carbons (Fsp3) is 0.979. The fourth-order valence-corrected chi connectivity index (χ4v) is 10.8. The first kappa shape index (κ1) is 70.9. The molecule has 7 fully saturated rings. The van der Waals surface area contributed by atoms with Gasteiger partial charge in [0.05, 0.1) is 52.9 Å². The zero-order chi connectivity index (χ0) is 62.5. The number of hydrogen-bond donors (Lipinski definition) is 23. The van der Waals surface area contributed by atoms with Crippen LogP contribution in [0.25, 0.3) is 0 Å². The molecule has 37 nitrogen and oxygen atoms in total. The summed E-state index contributed by atoms with van der Waals surface area (Å²) in [5, 5.41) is 229. The van der Waals surface area contributed by atoms with E-state index in [-0.39, 0.29) is 18.8 Å². The zero-order valence-corrected chi connectivity index (χ0v) is 46.1. The predicted octanol–water partition coefficient (Wildman–Crippen LogP) is -14.8. The topological polar surface area (TPSA) is 583 Å². The number of ether oxygens (including phenoxy) is 14. The summed E-state index contributed by atoms with van der Waals surface area (Å²) in [6, 6.07) is -1.90. The molecule has 0 radical (unpaired) electrons. The summed E-state index contributed by atoms with van der Waals surface area (Å²) in [5.74, 6) is -0.659. The van der Waals surface area contributed by atoms with Gasteiger partial charge < -0.3 is 179 Å². The Morgan fingerprint density at radius 2 is 0.694 bits per heavy atom. The molecule has 0 bridgehead atoms. The Morgan fingerprint density at radius 3 is 1.16 bits per heavy atom. The van der Waals surface area contributed by atoms with Gasteiger partial charge in [0, 0.05) is 6.92 Å². The quantitative estimate of drug-likeness (QED) is 0.0315. The third-order valence-corrected chi connectivity index (χ3v) is 15.8. The second kappa shape index (κ2) is 31.6. The highest BCUT2D eigenvalue weighted by Gasteiger charge is 2.59. The minimum absolute atomic E-state index is 0.166. The number of thiol groups is 1. The number of hydrogen-bond acceptors (Lipinski definition) is 37. The lowest BCUT2D eigenvalue weighted by atomic mass is 9.94. The van der Waals surface area contributed by atoms with Crippen LogP contribution in [0, 0.1) is 0 Å². The Hall–Kier alpha value is -1.58. The number of rotatable bonds is 24. The van der Waals surface area contributed by atoms with E-state index >= 15 is 0 Å². The summed E-state index contributed by atoms with van der Waals surface area (Å²) in [4.78, 5) is 12.9. The standard InChI is InChI=1S/C47H81NO36S/c1-12(55)48-20-25(60)36(80-46-34(69)30(65)37(18(10-54)78-46)81-44-32(67)27(62)22(57)14(6-50)74-44)17(9-53)77-41(20)84-40-29(64)24(59)16(8-52)76-47(40)82-38-19(11-72-42-31(66)26(61)21(56)13(5-49)73-42)79-43(71-3-2-4-85)35(70)39(38)83-45-33(68)28(63)23(58)15(7-51)75-45/h13-47,49-54,56-70,85H,2-11H2,1H3,(H,48,55)/t13?,14?,15?,16?,17?,18?,19?,20?,21-,22+,23-,24-,25-,26?,27+,28+,29+,30-,31+,32?,33?,34?,35?,36-,37+,38-,39-,40?,41-,42-,43+,44-,45+,46+,47+/m1/s1. The Labute approximate surface area is 488 Å². The van der Waals surface area contributed by atoms with Crippen LogP contribution >= 0.6 is 12.6 Å². The van der Waals surface area contributed by atoms with E-state index in [0.29, 0.717) is 0 Å². The van der Waals surface area contributed by atoms with Crippen molar-refractivity contribution >= 4 is 18.5 Å². The molecule has 35 atom stereocenters. The van der Waals surface area contributed by atoms with Gasteiger partial charge in [-0.25, -0.2) is 0 Å². The summed E-state index contributed by atoms with van der Waals surface area (Å²) in [6.07, 6.45) is -66.1. The van der Waals surface area contributed by atoms with Gasteiger partial charge in [-0.1, -0.05) is 0 Å². The van der Waals surface area contributed by atoms with E-state index in [0.717, 1.165) is 6.92 Å². The van der Waals surface area contributed by atoms with E-state index < -0.39 is 267 Å². The summed E-state index contributed by atoms with van der Waals surface area (Å²) >= 11 is 4.17. The van der Waals surface area contributed by atoms with E-state index in [1.165, 1.54) is 0 Å². The van der Waals surface area contributed by atoms with Crippen LogP contribution in [0.15, 0.2) is 0 Å². The molecule has 0 spiro atoms. The number of nitrogens with one attached hydrogen (secondary N) is 1. The molecule has 7 saturated heterocycles. The van der Waals surface area contributed by atoms with Gasteiger partial charge >= 0.3 is 0 Å². The third kappa shape index (κ3) is 15.7. The number of amides is 1. The number of carbonyl (C=O) groups excluding carboxylic acids is 1. The first-order valence-electron chi connectivity index (χ1n) is 27.2. The molecule has 7 rings (SSSR count). The molecule has 38 heteroatoms. The molecule has 7 aliphatic rings. The average molecular weight is 1270 g/mol. The molecule has 1 amide bonds. The maximum Gasteiger partial charge on any atom is 0.217 e. The monoisotopic (exact) mass is 1270 g/mol. The highest BCUT2D eigenvalue weighted by Crippen LogP contribution is 2.38. The second-order valence-electron chi connectivity index (χ2n) is 21.3. The van der Waals surface area contributed by atoms with Crippen LogP contribution in [0.3, 0.4) is 0 Å². The Balaban J connectivity index is 1.19. The van der Waals surface area contributed by atoms with Crippen molar-refractivity contribution in [1.29, 1.82) is 0 Å². The van der Waals surface area contributed by atoms with Crippen LogP contribution < -0.4 is 5.32 Å². The van der Waals surface area contributed by atoms with Crippen molar-refractivity contribution in [1.82, 2.24) is 5.32 Å². The zero-order valence-electron chi connectivity index (χ0n) is 45.2. The number of aliphatic hydroxyl groups excluding tert-OH is 21. The summed E-state index contributed by atoms with van der Waals surface area (Å²) in [6.45, 7) is -6.01. The maximum atomic E-state index is 12.9. The molecule has 7 heterocycles. The van der Waals surface area contributed by atoms with Gasteiger partial charge in [-0.2, -0.15) is 12.6 Å². The van der Waals surface area contributed by atoms with Crippen molar-refractivity contribution in [3.8, 4) is 0 Å². The molecular weight excluding hydrogens is 1190 g/mol. The first-order chi connectivity index (χ1) is 40.4. The molecule has 0 aromatic heterocycles. The van der Waals surface area contributed by atoms with E-state index in [4.69, 9.17) is 66.3 Å². The smallest absolute Gasteiger partial charge is 0.217 e. The Kier molecular flexibility index (Phi) is 26.4. The van der Waals surface area contributed by atoms with Gasteiger partial charge in [-0.3, -0.25) is 4.79 Å². The third-order valence-electron chi connectivity index (χ3n) is 15.5. The van der Waals surface area contributed by atoms with E-state index in [1.807, 2.05) is 0 Å². The highest BCUT2D eigenvalue weighted by molar-refractivity contribution is 7.80. The van der Waals surface area contributed by atoms with Crippen molar-refractivity contribution in [2.75, 3.05) is 58.6 Å². The van der Waals surface area contributed by atoms with E-state index in [2.05, 4.69) is 17.9 Å². The van der Waals surface area contributed by atoms with Crippen molar-refractivity contribution in [2.24, 2.45) is 0 Å². The SMILES string of the molecule is CC(=O)NC1[C@@H](OC2[C@H](O[C@@H]3C(CO[C@@H]4OC(CO)[C@@H](O)C(O)[C@@H]4O)O[C@H](OCCCS)C(O)[C@H]3O[C@@H]3OC(CO)[C@@H](O)[C@H](O)C3O)OC(CO)[C@@H](O)[C@@H]2O)OC(CO)[C@@H](O[C@@H]2OC(CO)[C@H](O[C@H]3OC(CO)[C@H](O)[C@H](O)C3O)[C@H](O)C2O)[C@@H]1O. The molecule has 0 aromatic rings. The van der Waals surface area contributed by atoms with Crippen molar-refractivity contribution < 1.29 is 178 Å². The van der Waals surface area contributed by atoms with E-state index in [1.54, 1.807) is 0 Å². The first-order valence-corrected chi connectivity index (χ1v) is 27.9. The van der Waals surface area contributed by atoms with Gasteiger partial charge in [0.1, 0.15) is 171 Å². The molecular formula is C47H81NO36S. The van der Waals surface area contributed by atoms with Crippen LogP contribution in [0.1, 0.15) is 13.3 Å². The number of carbonyl (C=O) groups is 1. The van der Waals surface area contributed by atoms with Crippen LogP contribution in [0.5, 0.6) is 0 Å². The van der Waals surface area contributed by atoms with Crippen LogP contribution in [0.4, 0.5) is 0 Å². The molecule has 85 heavy (non-hydrogen) atoms. The summed E-state index contributed by atoms with van der Waals surface area (Å²) < 4.78 is 82.1. The normalized spacial score (nSPS) is 50.0. The highest BCUT2D eigenvalue weighted by atomic mass is 32.1. The van der Waals surface area contributed by atoms with Crippen molar-refractivity contribution in [3.05, 3.63) is 0 Å². The van der Waals surface area contributed by atoms with Gasteiger partial charge in [0.2, 0.25) is 5.91 Å². The molecule has 0 aromatic carbocycles. The van der Waals surface area contributed by atoms with Gasteiger partial charge in [-0.05, 0) is 12.2 Å². The van der Waals surface area contributed by atoms with Crippen LogP contribution in [-0.4, -0.2) is 387 Å². The molecule has 14 unspecified atom stereocenters. The largest absolute Gasteiger partial charge is 0.394 e. The average Bonchev–Trinajstić information content (AvgIpc) is 1.56. The summed E-state index contributed by atoms with van der Waals surface area (Å²) in [7, 11) is 0.